The fourth-order valence-electron chi connectivity index (χ4n) is 2.94. The largest absolute Gasteiger partial charge is 0.497 e. The summed E-state index contributed by atoms with van der Waals surface area (Å²) in [5.41, 5.74) is 1.08. The van der Waals surface area contributed by atoms with Crippen LogP contribution in [0.15, 0.2) is 23.2 Å². The van der Waals surface area contributed by atoms with Crippen LogP contribution in [-0.2, 0) is 6.54 Å². The zero-order valence-electron chi connectivity index (χ0n) is 17.3. The Hall–Kier alpha value is -1.22. The lowest BCUT2D eigenvalue weighted by Gasteiger charge is -2.32. The third-order valence-corrected chi connectivity index (χ3v) is 5.02. The van der Waals surface area contributed by atoms with Gasteiger partial charge in [-0.15, -0.1) is 24.0 Å². The number of hydrogen-bond acceptors (Lipinski definition) is 4. The Morgan fingerprint density at radius 3 is 2.33 bits per heavy atom. The zero-order chi connectivity index (χ0) is 19.4. The van der Waals surface area contributed by atoms with E-state index in [1.807, 2.05) is 25.1 Å². The highest BCUT2D eigenvalue weighted by Crippen LogP contribution is 2.29. The van der Waals surface area contributed by atoms with Crippen molar-refractivity contribution in [1.82, 2.24) is 10.6 Å². The number of nitrogens with one attached hydrogen (secondary N) is 2. The lowest BCUT2D eigenvalue weighted by molar-refractivity contribution is 0.169. The Balaban J connectivity index is 0.00000676. The molecule has 1 aromatic rings. The molecule has 0 aliphatic rings. The average Bonchev–Trinajstić information content (AvgIpc) is 2.68. The lowest BCUT2D eigenvalue weighted by atomic mass is 9.79. The molecule has 0 amide bonds. The van der Waals surface area contributed by atoms with Gasteiger partial charge >= 0.3 is 0 Å². The number of guanidine groups is 1. The summed E-state index contributed by atoms with van der Waals surface area (Å²) in [7, 11) is 3.29. The molecule has 0 saturated carbocycles. The maximum absolute atomic E-state index is 9.39. The molecule has 0 bridgehead atoms. The Labute approximate surface area is 181 Å². The van der Waals surface area contributed by atoms with Gasteiger partial charge in [0.1, 0.15) is 11.5 Å². The number of methoxy groups -OCH3 is 2. The normalized spacial score (nSPS) is 11.6. The summed E-state index contributed by atoms with van der Waals surface area (Å²) in [4.78, 5) is 4.69. The first-order valence-corrected chi connectivity index (χ1v) is 9.42. The highest BCUT2D eigenvalue weighted by molar-refractivity contribution is 14.0. The molecular formula is C20H36IN3O3. The van der Waals surface area contributed by atoms with Gasteiger partial charge < -0.3 is 25.2 Å². The number of halogens is 1. The molecule has 0 spiro atoms. The Bertz CT molecular complexity index is 563. The summed E-state index contributed by atoms with van der Waals surface area (Å²) in [6.07, 6.45) is 2.82. The van der Waals surface area contributed by atoms with Crippen LogP contribution >= 0.6 is 24.0 Å². The first-order chi connectivity index (χ1) is 12.6. The van der Waals surface area contributed by atoms with Crippen molar-refractivity contribution in [1.29, 1.82) is 0 Å². The van der Waals surface area contributed by atoms with Crippen LogP contribution in [-0.4, -0.2) is 45.0 Å². The maximum atomic E-state index is 9.39. The highest BCUT2D eigenvalue weighted by Gasteiger charge is 2.25. The van der Waals surface area contributed by atoms with Crippen LogP contribution in [0.4, 0.5) is 0 Å². The van der Waals surface area contributed by atoms with Gasteiger partial charge in [0.2, 0.25) is 0 Å². The van der Waals surface area contributed by atoms with Crippen molar-refractivity contribution in [2.45, 2.75) is 46.6 Å². The van der Waals surface area contributed by atoms with Gasteiger partial charge in [0.25, 0.3) is 0 Å². The van der Waals surface area contributed by atoms with Gasteiger partial charge in [-0.05, 0) is 43.7 Å². The number of ether oxygens (including phenoxy) is 2. The van der Waals surface area contributed by atoms with E-state index in [4.69, 9.17) is 14.5 Å². The number of aliphatic imine (C=N–C) groups is 1. The van der Waals surface area contributed by atoms with E-state index in [1.165, 1.54) is 0 Å². The standard InChI is InChI=1S/C20H35N3O3.HI/c1-6-20(7-2,11-12-24)15-23-19(21-8-3)22-14-16-9-10-17(25-4)13-18(16)26-5;/h9-10,13,24H,6-8,11-12,14-15H2,1-5H3,(H2,21,22,23);1H. The number of nitrogens with zero attached hydrogens (tertiary/aromatic N) is 1. The monoisotopic (exact) mass is 493 g/mol. The van der Waals surface area contributed by atoms with Gasteiger partial charge in [-0.3, -0.25) is 0 Å². The molecule has 27 heavy (non-hydrogen) atoms. The third kappa shape index (κ3) is 8.13. The van der Waals surface area contributed by atoms with Crippen molar-refractivity contribution in [3.05, 3.63) is 23.8 Å². The van der Waals surface area contributed by atoms with Crippen molar-refractivity contribution in [3.8, 4) is 11.5 Å². The molecule has 0 atom stereocenters. The minimum atomic E-state index is 0. The summed E-state index contributed by atoms with van der Waals surface area (Å²) >= 11 is 0. The molecule has 7 heteroatoms. The summed E-state index contributed by atoms with van der Waals surface area (Å²) in [5.74, 6) is 2.30. The predicted octanol–water partition coefficient (Wildman–Crippen LogP) is 3.57. The van der Waals surface area contributed by atoms with Crippen LogP contribution in [0.2, 0.25) is 0 Å². The second-order valence-electron chi connectivity index (χ2n) is 6.41. The van der Waals surface area contributed by atoms with Gasteiger partial charge in [-0.1, -0.05) is 13.8 Å². The van der Waals surface area contributed by atoms with E-state index in [9.17, 15) is 5.11 Å². The first kappa shape index (κ1) is 25.8. The second kappa shape index (κ2) is 13.9. The van der Waals surface area contributed by atoms with Crippen molar-refractivity contribution in [3.63, 3.8) is 0 Å². The van der Waals surface area contributed by atoms with Gasteiger partial charge in [0, 0.05) is 31.3 Å². The van der Waals surface area contributed by atoms with Crippen LogP contribution in [0.25, 0.3) is 0 Å². The first-order valence-electron chi connectivity index (χ1n) is 9.42. The van der Waals surface area contributed by atoms with Crippen LogP contribution in [0.3, 0.4) is 0 Å². The second-order valence-corrected chi connectivity index (χ2v) is 6.41. The Morgan fingerprint density at radius 1 is 1.11 bits per heavy atom. The molecule has 0 aliphatic heterocycles. The summed E-state index contributed by atoms with van der Waals surface area (Å²) in [6, 6.07) is 5.75. The van der Waals surface area contributed by atoms with Crippen LogP contribution in [0.1, 0.15) is 45.6 Å². The minimum absolute atomic E-state index is 0. The number of benzene rings is 1. The molecule has 0 saturated heterocycles. The fraction of sp³-hybridized carbons (Fsp3) is 0.650. The Morgan fingerprint density at radius 2 is 1.81 bits per heavy atom. The van der Waals surface area contributed by atoms with Gasteiger partial charge in [0.05, 0.1) is 20.8 Å². The number of aliphatic hydroxyl groups excluding tert-OH is 1. The molecule has 3 N–H and O–H groups in total. The summed E-state index contributed by atoms with van der Waals surface area (Å²) in [5, 5.41) is 16.1. The molecule has 0 radical (unpaired) electrons. The van der Waals surface area contributed by atoms with Crippen molar-refractivity contribution in [2.75, 3.05) is 33.9 Å². The van der Waals surface area contributed by atoms with Crippen LogP contribution < -0.4 is 20.1 Å². The number of aliphatic hydroxyl groups is 1. The molecule has 0 fully saturated rings. The molecule has 156 valence electrons. The molecule has 0 aromatic heterocycles. The van der Waals surface area contributed by atoms with E-state index < -0.39 is 0 Å². The molecule has 6 nitrogen and oxygen atoms in total. The van der Waals surface area contributed by atoms with E-state index in [1.54, 1.807) is 14.2 Å². The number of rotatable bonds is 11. The molecular weight excluding hydrogens is 457 g/mol. The molecule has 0 unspecified atom stereocenters. The third-order valence-electron chi connectivity index (χ3n) is 5.02. The zero-order valence-corrected chi connectivity index (χ0v) is 19.6. The summed E-state index contributed by atoms with van der Waals surface area (Å²) in [6.45, 7) is 8.68. The van der Waals surface area contributed by atoms with Crippen LogP contribution in [0.5, 0.6) is 11.5 Å². The molecule has 1 aromatic carbocycles. The topological polar surface area (TPSA) is 75.1 Å². The highest BCUT2D eigenvalue weighted by atomic mass is 127. The predicted molar refractivity (Wildman–Crippen MR) is 122 cm³/mol. The molecule has 1 rings (SSSR count). The van der Waals surface area contributed by atoms with E-state index >= 15 is 0 Å². The van der Waals surface area contributed by atoms with Gasteiger partial charge in [-0.2, -0.15) is 0 Å². The molecule has 0 aliphatic carbocycles. The average molecular weight is 493 g/mol. The smallest absolute Gasteiger partial charge is 0.191 e. The van der Waals surface area contributed by atoms with E-state index in [0.717, 1.165) is 55.4 Å². The van der Waals surface area contributed by atoms with E-state index in [0.29, 0.717) is 6.54 Å². The fourth-order valence-corrected chi connectivity index (χ4v) is 2.94. The maximum Gasteiger partial charge on any atom is 0.191 e. The quantitative estimate of drug-likeness (QED) is 0.250. The van der Waals surface area contributed by atoms with Crippen molar-refractivity contribution >= 4 is 29.9 Å². The van der Waals surface area contributed by atoms with Gasteiger partial charge in [-0.25, -0.2) is 4.99 Å². The number of hydrogen-bond donors (Lipinski definition) is 3. The van der Waals surface area contributed by atoms with E-state index in [-0.39, 0.29) is 36.0 Å². The molecule has 0 heterocycles. The minimum Gasteiger partial charge on any atom is -0.497 e. The lowest BCUT2D eigenvalue weighted by Crippen LogP contribution is -2.43. The summed E-state index contributed by atoms with van der Waals surface area (Å²) < 4.78 is 10.7. The van der Waals surface area contributed by atoms with Crippen LogP contribution in [0, 0.1) is 5.41 Å². The van der Waals surface area contributed by atoms with Crippen molar-refractivity contribution in [2.24, 2.45) is 10.4 Å². The van der Waals surface area contributed by atoms with Crippen molar-refractivity contribution < 1.29 is 14.6 Å². The Kier molecular flexibility index (Phi) is 13.2. The van der Waals surface area contributed by atoms with Gasteiger partial charge in [0.15, 0.2) is 5.96 Å². The van der Waals surface area contributed by atoms with E-state index in [2.05, 4.69) is 24.5 Å². The SMILES string of the molecule is CCNC(=NCc1ccc(OC)cc1OC)NCC(CC)(CC)CCO.I.